The molecule has 0 heterocycles. The summed E-state index contributed by atoms with van der Waals surface area (Å²) in [4.78, 5) is 35.1. The molecule has 0 aliphatic heterocycles. The molecule has 0 unspecified atom stereocenters. The fraction of sp³-hybridized carbons (Fsp3) is 0.524. The summed E-state index contributed by atoms with van der Waals surface area (Å²) in [6.07, 6.45) is 9.34. The molecule has 5 rings (SSSR count). The normalized spacial score (nSPS) is 31.2. The molecule has 0 radical (unpaired) electrons. The number of Topliss-reactive ketones (excluding diaryl/α,β-unsaturated/α-hetero) is 1. The van der Waals surface area contributed by atoms with E-state index in [0.29, 0.717) is 23.3 Å². The fourth-order valence-electron chi connectivity index (χ4n) is 5.70. The van der Waals surface area contributed by atoms with E-state index in [9.17, 15) is 19.7 Å². The highest BCUT2D eigenvalue weighted by atomic mass is 16.6. The van der Waals surface area contributed by atoms with Crippen molar-refractivity contribution in [3.8, 4) is 0 Å². The van der Waals surface area contributed by atoms with E-state index in [1.165, 1.54) is 43.5 Å². The standard InChI is InChI=1S/C21H23NO5/c23-19(21-10-15-6-16(11-21)8-17(7-15)12-21)13-27-20(24)5-4-14-2-1-3-18(9-14)22(25)26/h1-5,9,15-17H,6-8,10-13H2. The predicted octanol–water partition coefficient (Wildman–Crippen LogP) is 3.94. The van der Waals surface area contributed by atoms with E-state index < -0.39 is 10.9 Å². The molecule has 142 valence electrons. The van der Waals surface area contributed by atoms with E-state index in [2.05, 4.69) is 0 Å². The first-order valence-electron chi connectivity index (χ1n) is 9.56. The summed E-state index contributed by atoms with van der Waals surface area (Å²) >= 11 is 0. The van der Waals surface area contributed by atoms with Crippen molar-refractivity contribution in [2.45, 2.75) is 38.5 Å². The molecular formula is C21H23NO5. The molecule has 4 bridgehead atoms. The first kappa shape index (κ1) is 17.9. The number of nitrogens with zero attached hydrogens (tertiary/aromatic N) is 1. The minimum absolute atomic E-state index is 0.0393. The number of hydrogen-bond donors (Lipinski definition) is 0. The molecule has 0 atom stereocenters. The number of hydrogen-bond acceptors (Lipinski definition) is 5. The van der Waals surface area contributed by atoms with Crippen molar-refractivity contribution in [2.24, 2.45) is 23.2 Å². The van der Waals surface area contributed by atoms with Gasteiger partial charge in [0.15, 0.2) is 12.4 Å². The zero-order valence-corrected chi connectivity index (χ0v) is 15.1. The SMILES string of the molecule is O=C(C=Cc1cccc([N+](=O)[O-])c1)OCC(=O)C12CC3CC(CC(C3)C1)C2. The van der Waals surface area contributed by atoms with Crippen LogP contribution in [0, 0.1) is 33.3 Å². The number of nitro groups is 1. The van der Waals surface area contributed by atoms with Gasteiger partial charge in [0.2, 0.25) is 0 Å². The summed E-state index contributed by atoms with van der Waals surface area (Å²) in [7, 11) is 0. The molecule has 4 saturated carbocycles. The number of rotatable bonds is 6. The maximum absolute atomic E-state index is 12.8. The molecule has 27 heavy (non-hydrogen) atoms. The molecule has 6 heteroatoms. The van der Waals surface area contributed by atoms with E-state index in [1.807, 2.05) is 0 Å². The van der Waals surface area contributed by atoms with Crippen molar-refractivity contribution >= 4 is 23.5 Å². The van der Waals surface area contributed by atoms with E-state index in [0.717, 1.165) is 19.3 Å². The first-order chi connectivity index (χ1) is 12.9. The van der Waals surface area contributed by atoms with E-state index in [-0.39, 0.29) is 23.5 Å². The van der Waals surface area contributed by atoms with Gasteiger partial charge in [0.25, 0.3) is 5.69 Å². The summed E-state index contributed by atoms with van der Waals surface area (Å²) in [5.41, 5.74) is 0.231. The number of ether oxygens (including phenoxy) is 1. The molecule has 4 aliphatic rings. The topological polar surface area (TPSA) is 86.5 Å². The Morgan fingerprint density at radius 3 is 2.37 bits per heavy atom. The Morgan fingerprint density at radius 1 is 1.15 bits per heavy atom. The predicted molar refractivity (Wildman–Crippen MR) is 98.7 cm³/mol. The minimum atomic E-state index is -0.598. The van der Waals surface area contributed by atoms with Crippen molar-refractivity contribution in [2.75, 3.05) is 6.61 Å². The summed E-state index contributed by atoms with van der Waals surface area (Å²) in [5, 5.41) is 10.8. The molecule has 0 aromatic heterocycles. The van der Waals surface area contributed by atoms with Gasteiger partial charge in [0.05, 0.1) is 4.92 Å². The molecule has 1 aromatic rings. The number of benzene rings is 1. The van der Waals surface area contributed by atoms with Gasteiger partial charge in [0.1, 0.15) is 0 Å². The highest BCUT2D eigenvalue weighted by molar-refractivity contribution is 5.91. The number of nitro benzene ring substituents is 1. The summed E-state index contributed by atoms with van der Waals surface area (Å²) in [6, 6.07) is 5.99. The lowest BCUT2D eigenvalue weighted by atomic mass is 9.48. The second kappa shape index (κ2) is 6.91. The third-order valence-corrected chi connectivity index (χ3v) is 6.47. The van der Waals surface area contributed by atoms with Gasteiger partial charge in [-0.15, -0.1) is 0 Å². The Balaban J connectivity index is 1.33. The van der Waals surface area contributed by atoms with Crippen LogP contribution in [-0.2, 0) is 14.3 Å². The van der Waals surface area contributed by atoms with Gasteiger partial charge in [-0.25, -0.2) is 4.79 Å². The number of ketones is 1. The van der Waals surface area contributed by atoms with Crippen molar-refractivity contribution in [3.05, 3.63) is 46.0 Å². The monoisotopic (exact) mass is 369 g/mol. The fourth-order valence-corrected chi connectivity index (χ4v) is 5.70. The molecule has 4 aliphatic carbocycles. The summed E-state index contributed by atoms with van der Waals surface area (Å²) in [5.74, 6) is 1.48. The smallest absolute Gasteiger partial charge is 0.331 e. The van der Waals surface area contributed by atoms with Gasteiger partial charge in [0, 0.05) is 23.6 Å². The Hall–Kier alpha value is -2.50. The van der Waals surface area contributed by atoms with Gasteiger partial charge in [-0.2, -0.15) is 0 Å². The lowest BCUT2D eigenvalue weighted by molar-refractivity contribution is -0.384. The number of carbonyl (C=O) groups is 2. The van der Waals surface area contributed by atoms with E-state index >= 15 is 0 Å². The second-order valence-corrected chi connectivity index (χ2v) is 8.41. The quantitative estimate of drug-likeness (QED) is 0.328. The molecule has 0 saturated heterocycles. The summed E-state index contributed by atoms with van der Waals surface area (Å²) in [6.45, 7) is -0.176. The van der Waals surface area contributed by atoms with Crippen molar-refractivity contribution in [1.82, 2.24) is 0 Å². The largest absolute Gasteiger partial charge is 0.455 e. The van der Waals surface area contributed by atoms with E-state index in [4.69, 9.17) is 4.74 Å². The van der Waals surface area contributed by atoms with Crippen molar-refractivity contribution in [3.63, 3.8) is 0 Å². The van der Waals surface area contributed by atoms with Crippen molar-refractivity contribution < 1.29 is 19.2 Å². The van der Waals surface area contributed by atoms with Crippen LogP contribution in [0.3, 0.4) is 0 Å². The molecule has 0 amide bonds. The molecular weight excluding hydrogens is 346 g/mol. The summed E-state index contributed by atoms with van der Waals surface area (Å²) < 4.78 is 5.18. The molecule has 4 fully saturated rings. The third-order valence-electron chi connectivity index (χ3n) is 6.47. The van der Waals surface area contributed by atoms with Crippen LogP contribution in [0.2, 0.25) is 0 Å². The highest BCUT2D eigenvalue weighted by Crippen LogP contribution is 2.60. The van der Waals surface area contributed by atoms with Gasteiger partial charge in [-0.3, -0.25) is 14.9 Å². The van der Waals surface area contributed by atoms with Gasteiger partial charge in [-0.1, -0.05) is 12.1 Å². The van der Waals surface area contributed by atoms with Gasteiger partial charge in [-0.05, 0) is 67.9 Å². The Labute approximate surface area is 157 Å². The lowest BCUT2D eigenvalue weighted by Gasteiger charge is -2.55. The maximum atomic E-state index is 12.8. The zero-order valence-electron chi connectivity index (χ0n) is 15.1. The average Bonchev–Trinajstić information content (AvgIpc) is 2.63. The van der Waals surface area contributed by atoms with Gasteiger partial charge < -0.3 is 4.74 Å². The lowest BCUT2D eigenvalue weighted by Crippen LogP contribution is -2.51. The van der Waals surface area contributed by atoms with Crippen LogP contribution < -0.4 is 0 Å². The number of non-ortho nitro benzene ring substituents is 1. The van der Waals surface area contributed by atoms with Crippen LogP contribution >= 0.6 is 0 Å². The van der Waals surface area contributed by atoms with Crippen LogP contribution in [0.4, 0.5) is 5.69 Å². The number of carbonyl (C=O) groups excluding carboxylic acids is 2. The second-order valence-electron chi connectivity index (χ2n) is 8.41. The van der Waals surface area contributed by atoms with Crippen LogP contribution in [-0.4, -0.2) is 23.3 Å². The van der Waals surface area contributed by atoms with Crippen LogP contribution in [0.1, 0.15) is 44.1 Å². The molecule has 6 nitrogen and oxygen atoms in total. The Kier molecular flexibility index (Phi) is 4.58. The number of esters is 1. The van der Waals surface area contributed by atoms with Crippen molar-refractivity contribution in [1.29, 1.82) is 0 Å². The Morgan fingerprint density at radius 2 is 1.78 bits per heavy atom. The van der Waals surface area contributed by atoms with E-state index in [1.54, 1.807) is 12.1 Å². The zero-order chi connectivity index (χ0) is 19.0. The van der Waals surface area contributed by atoms with Gasteiger partial charge >= 0.3 is 5.97 Å². The minimum Gasteiger partial charge on any atom is -0.455 e. The molecule has 0 spiro atoms. The van der Waals surface area contributed by atoms with Crippen LogP contribution in [0.25, 0.3) is 6.08 Å². The third kappa shape index (κ3) is 3.66. The van der Waals surface area contributed by atoms with Crippen LogP contribution in [0.5, 0.6) is 0 Å². The van der Waals surface area contributed by atoms with Crippen LogP contribution in [0.15, 0.2) is 30.3 Å². The highest BCUT2D eigenvalue weighted by Gasteiger charge is 2.54. The molecule has 1 aromatic carbocycles. The molecule has 0 N–H and O–H groups in total. The maximum Gasteiger partial charge on any atom is 0.331 e. The average molecular weight is 369 g/mol. The first-order valence-corrected chi connectivity index (χ1v) is 9.56. The Bertz CT molecular complexity index is 777.